The van der Waals surface area contributed by atoms with Gasteiger partial charge in [-0.25, -0.2) is 9.37 Å². The zero-order chi connectivity index (χ0) is 11.5. The molecule has 0 fully saturated rings. The smallest absolute Gasteiger partial charge is 0.143 e. The Bertz CT molecular complexity index is 485. The van der Waals surface area contributed by atoms with Gasteiger partial charge in [0.1, 0.15) is 18.0 Å². The maximum atomic E-state index is 13.0. The second kappa shape index (κ2) is 4.36. The van der Waals surface area contributed by atoms with E-state index in [1.54, 1.807) is 0 Å². The first kappa shape index (κ1) is 10.7. The van der Waals surface area contributed by atoms with E-state index in [1.165, 1.54) is 18.5 Å². The number of halogens is 2. The Hall–Kier alpha value is -1.82. The number of benzene rings is 1. The SMILES string of the molecule is Nc1cc(F)c(Cl)cc1NCc1ncn[nH]1. The molecule has 1 heterocycles. The molecule has 0 saturated carbocycles. The summed E-state index contributed by atoms with van der Waals surface area (Å²) < 4.78 is 13.0. The third-order valence-corrected chi connectivity index (χ3v) is 2.29. The number of nitrogens with two attached hydrogens (primary N) is 1. The molecule has 0 radical (unpaired) electrons. The third kappa shape index (κ3) is 2.22. The highest BCUT2D eigenvalue weighted by Crippen LogP contribution is 2.26. The molecule has 0 amide bonds. The molecule has 0 unspecified atom stereocenters. The van der Waals surface area contributed by atoms with Crippen LogP contribution >= 0.6 is 11.6 Å². The number of nitrogens with one attached hydrogen (secondary N) is 2. The van der Waals surface area contributed by atoms with Gasteiger partial charge in [-0.1, -0.05) is 11.6 Å². The molecule has 0 aliphatic carbocycles. The van der Waals surface area contributed by atoms with Gasteiger partial charge in [-0.15, -0.1) is 0 Å². The molecule has 2 aromatic rings. The highest BCUT2D eigenvalue weighted by atomic mass is 35.5. The highest BCUT2D eigenvalue weighted by Gasteiger charge is 2.06. The number of nitrogen functional groups attached to an aromatic ring is 1. The summed E-state index contributed by atoms with van der Waals surface area (Å²) in [5.74, 6) is 0.115. The molecule has 0 bridgehead atoms. The van der Waals surface area contributed by atoms with E-state index < -0.39 is 5.82 Å². The molecular formula is C9H9ClFN5. The average molecular weight is 242 g/mol. The third-order valence-electron chi connectivity index (χ3n) is 2.00. The van der Waals surface area contributed by atoms with Gasteiger partial charge in [-0.05, 0) is 6.07 Å². The Morgan fingerprint density at radius 3 is 3.00 bits per heavy atom. The summed E-state index contributed by atoms with van der Waals surface area (Å²) in [6.07, 6.45) is 1.40. The van der Waals surface area contributed by atoms with Gasteiger partial charge < -0.3 is 11.1 Å². The Morgan fingerprint density at radius 1 is 1.50 bits per heavy atom. The number of anilines is 2. The van der Waals surface area contributed by atoms with Crippen LogP contribution in [0, 0.1) is 5.82 Å². The second-order valence-corrected chi connectivity index (χ2v) is 3.55. The van der Waals surface area contributed by atoms with E-state index in [4.69, 9.17) is 17.3 Å². The van der Waals surface area contributed by atoms with Crippen molar-refractivity contribution in [1.29, 1.82) is 0 Å². The predicted molar refractivity (Wildman–Crippen MR) is 59.5 cm³/mol. The number of H-pyrrole nitrogens is 1. The Kier molecular flexibility index (Phi) is 2.91. The van der Waals surface area contributed by atoms with Crippen LogP contribution in [0.4, 0.5) is 15.8 Å². The van der Waals surface area contributed by atoms with E-state index >= 15 is 0 Å². The largest absolute Gasteiger partial charge is 0.397 e. The number of hydrogen-bond donors (Lipinski definition) is 3. The fraction of sp³-hybridized carbons (Fsp3) is 0.111. The predicted octanol–water partition coefficient (Wildman–Crippen LogP) is 1.79. The summed E-state index contributed by atoms with van der Waals surface area (Å²) in [7, 11) is 0. The Labute approximate surface area is 95.8 Å². The van der Waals surface area contributed by atoms with Crippen LogP contribution in [0.3, 0.4) is 0 Å². The van der Waals surface area contributed by atoms with Gasteiger partial charge in [0, 0.05) is 6.07 Å². The van der Waals surface area contributed by atoms with E-state index in [0.29, 0.717) is 23.7 Å². The summed E-state index contributed by atoms with van der Waals surface area (Å²) in [4.78, 5) is 3.92. The van der Waals surface area contributed by atoms with Crippen LogP contribution in [0.5, 0.6) is 0 Å². The maximum absolute atomic E-state index is 13.0. The number of nitrogens with zero attached hydrogens (tertiary/aromatic N) is 2. The van der Waals surface area contributed by atoms with Gasteiger partial charge in [-0.2, -0.15) is 5.10 Å². The van der Waals surface area contributed by atoms with Crippen molar-refractivity contribution in [2.24, 2.45) is 0 Å². The number of rotatable bonds is 3. The minimum absolute atomic E-state index is 0.0225. The van der Waals surface area contributed by atoms with Crippen molar-refractivity contribution in [1.82, 2.24) is 15.2 Å². The molecule has 84 valence electrons. The van der Waals surface area contributed by atoms with E-state index in [0.717, 1.165) is 0 Å². The molecule has 7 heteroatoms. The van der Waals surface area contributed by atoms with Crippen molar-refractivity contribution in [2.75, 3.05) is 11.1 Å². The maximum Gasteiger partial charge on any atom is 0.143 e. The quantitative estimate of drug-likeness (QED) is 0.716. The lowest BCUT2D eigenvalue weighted by atomic mass is 10.2. The molecule has 1 aromatic carbocycles. The zero-order valence-electron chi connectivity index (χ0n) is 8.17. The van der Waals surface area contributed by atoms with Gasteiger partial charge in [0.05, 0.1) is 22.9 Å². The molecule has 0 aliphatic heterocycles. The topological polar surface area (TPSA) is 79.6 Å². The summed E-state index contributed by atoms with van der Waals surface area (Å²) in [6.45, 7) is 0.409. The minimum Gasteiger partial charge on any atom is -0.397 e. The van der Waals surface area contributed by atoms with Crippen LogP contribution in [-0.2, 0) is 6.54 Å². The number of aromatic nitrogens is 3. The normalized spacial score (nSPS) is 10.4. The van der Waals surface area contributed by atoms with Crippen molar-refractivity contribution in [3.63, 3.8) is 0 Å². The summed E-state index contributed by atoms with van der Waals surface area (Å²) in [6, 6.07) is 2.60. The molecule has 5 nitrogen and oxygen atoms in total. The van der Waals surface area contributed by atoms with E-state index in [1.807, 2.05) is 0 Å². The lowest BCUT2D eigenvalue weighted by Gasteiger charge is -2.08. The van der Waals surface area contributed by atoms with Crippen molar-refractivity contribution in [3.05, 3.63) is 35.1 Å². The fourth-order valence-electron chi connectivity index (χ4n) is 1.21. The van der Waals surface area contributed by atoms with Gasteiger partial charge in [0.25, 0.3) is 0 Å². The fourth-order valence-corrected chi connectivity index (χ4v) is 1.37. The first-order valence-corrected chi connectivity index (χ1v) is 4.87. The van der Waals surface area contributed by atoms with Crippen molar-refractivity contribution in [2.45, 2.75) is 6.54 Å². The zero-order valence-corrected chi connectivity index (χ0v) is 8.92. The number of aromatic amines is 1. The second-order valence-electron chi connectivity index (χ2n) is 3.14. The first-order chi connectivity index (χ1) is 7.66. The molecule has 2 rings (SSSR count). The van der Waals surface area contributed by atoms with Crippen LogP contribution in [-0.4, -0.2) is 15.2 Å². The lowest BCUT2D eigenvalue weighted by molar-refractivity contribution is 0.629. The van der Waals surface area contributed by atoms with Gasteiger partial charge in [0.2, 0.25) is 0 Å². The molecule has 4 N–H and O–H groups in total. The van der Waals surface area contributed by atoms with Crippen LogP contribution < -0.4 is 11.1 Å². The molecule has 1 aromatic heterocycles. The summed E-state index contributed by atoms with van der Waals surface area (Å²) >= 11 is 5.64. The molecule has 16 heavy (non-hydrogen) atoms. The van der Waals surface area contributed by atoms with E-state index in [9.17, 15) is 4.39 Å². The minimum atomic E-state index is -0.538. The summed E-state index contributed by atoms with van der Waals surface area (Å²) in [5.41, 5.74) is 6.47. The van der Waals surface area contributed by atoms with Crippen LogP contribution in [0.25, 0.3) is 0 Å². The van der Waals surface area contributed by atoms with Gasteiger partial charge in [-0.3, -0.25) is 5.10 Å². The molecule has 0 spiro atoms. The molecule has 0 atom stereocenters. The molecule has 0 aliphatic rings. The molecule has 0 saturated heterocycles. The van der Waals surface area contributed by atoms with E-state index in [2.05, 4.69) is 20.5 Å². The standard InChI is InChI=1S/C9H9ClFN5/c10-5-1-8(7(12)2-6(5)11)13-3-9-14-4-15-16-9/h1-2,4,13H,3,12H2,(H,14,15,16). The van der Waals surface area contributed by atoms with Gasteiger partial charge in [0.15, 0.2) is 0 Å². The van der Waals surface area contributed by atoms with Crippen molar-refractivity contribution < 1.29 is 4.39 Å². The molecular weight excluding hydrogens is 233 g/mol. The highest BCUT2D eigenvalue weighted by molar-refractivity contribution is 6.31. The average Bonchev–Trinajstić information content (AvgIpc) is 2.74. The Morgan fingerprint density at radius 2 is 2.31 bits per heavy atom. The van der Waals surface area contributed by atoms with Crippen LogP contribution in [0.2, 0.25) is 5.02 Å². The van der Waals surface area contributed by atoms with E-state index in [-0.39, 0.29) is 5.02 Å². The van der Waals surface area contributed by atoms with Gasteiger partial charge >= 0.3 is 0 Å². The first-order valence-electron chi connectivity index (χ1n) is 4.49. The Balaban J connectivity index is 2.12. The van der Waals surface area contributed by atoms with Crippen LogP contribution in [0.15, 0.2) is 18.5 Å². The van der Waals surface area contributed by atoms with Crippen LogP contribution in [0.1, 0.15) is 5.82 Å². The lowest BCUT2D eigenvalue weighted by Crippen LogP contribution is -2.04. The summed E-state index contributed by atoms with van der Waals surface area (Å²) in [5, 5.41) is 9.37. The number of hydrogen-bond acceptors (Lipinski definition) is 4. The van der Waals surface area contributed by atoms with Crippen molar-refractivity contribution >= 4 is 23.0 Å². The van der Waals surface area contributed by atoms with Crippen molar-refractivity contribution in [3.8, 4) is 0 Å². The monoisotopic (exact) mass is 241 g/mol.